The van der Waals surface area contributed by atoms with Gasteiger partial charge in [0, 0.05) is 0 Å². The zero-order chi connectivity index (χ0) is 17.7. The van der Waals surface area contributed by atoms with Gasteiger partial charge in [0.05, 0.1) is 18.5 Å². The quantitative estimate of drug-likeness (QED) is 0.289. The van der Waals surface area contributed by atoms with Gasteiger partial charge in [0.1, 0.15) is 0 Å². The second-order valence-electron chi connectivity index (χ2n) is 6.62. The molecule has 0 radical (unpaired) electrons. The standard InChI is InChI=1S/C20H35O3P/c1-4-6-7-8-9-13-17-22-24(21,20-15-11-10-12-16-20)23-18-19(3)14-5-2/h10-12,15-16,19H,4-9,13-14,17-18H2,1-3H3. The first kappa shape index (κ1) is 21.4. The van der Waals surface area contributed by atoms with Crippen LogP contribution in [0.3, 0.4) is 0 Å². The minimum absolute atomic E-state index is 0.393. The number of rotatable bonds is 14. The Kier molecular flexibility index (Phi) is 11.3. The molecule has 0 aliphatic heterocycles. The zero-order valence-corrected chi connectivity index (χ0v) is 16.6. The van der Waals surface area contributed by atoms with Crippen LogP contribution in [0.5, 0.6) is 0 Å². The summed E-state index contributed by atoms with van der Waals surface area (Å²) in [7, 11) is -3.21. The third-order valence-corrected chi connectivity index (χ3v) is 6.08. The van der Waals surface area contributed by atoms with Crippen LogP contribution in [0.1, 0.15) is 72.1 Å². The summed E-state index contributed by atoms with van der Waals surface area (Å²) in [5, 5.41) is 0.666. The van der Waals surface area contributed by atoms with Crippen LogP contribution in [0.2, 0.25) is 0 Å². The Morgan fingerprint density at radius 2 is 1.58 bits per heavy atom. The summed E-state index contributed by atoms with van der Waals surface area (Å²) in [6.45, 7) is 7.49. The van der Waals surface area contributed by atoms with E-state index in [-0.39, 0.29) is 0 Å². The van der Waals surface area contributed by atoms with Crippen molar-refractivity contribution in [2.24, 2.45) is 5.92 Å². The van der Waals surface area contributed by atoms with Gasteiger partial charge >= 0.3 is 7.60 Å². The molecule has 0 aliphatic rings. The molecule has 0 amide bonds. The molecule has 3 nitrogen and oxygen atoms in total. The molecule has 138 valence electrons. The van der Waals surface area contributed by atoms with Gasteiger partial charge in [-0.2, -0.15) is 0 Å². The highest BCUT2D eigenvalue weighted by molar-refractivity contribution is 7.62. The van der Waals surface area contributed by atoms with Gasteiger partial charge in [-0.3, -0.25) is 4.57 Å². The lowest BCUT2D eigenvalue weighted by Gasteiger charge is -2.21. The van der Waals surface area contributed by atoms with Crippen LogP contribution in [0, 0.1) is 5.92 Å². The third kappa shape index (κ3) is 8.46. The predicted molar refractivity (Wildman–Crippen MR) is 103 cm³/mol. The lowest BCUT2D eigenvalue weighted by Crippen LogP contribution is -2.14. The number of benzene rings is 1. The fourth-order valence-corrected chi connectivity index (χ4v) is 4.40. The van der Waals surface area contributed by atoms with Gasteiger partial charge in [0.15, 0.2) is 0 Å². The Hall–Kier alpha value is -0.630. The normalized spacial score (nSPS) is 15.1. The van der Waals surface area contributed by atoms with E-state index in [9.17, 15) is 4.57 Å². The van der Waals surface area contributed by atoms with Crippen LogP contribution in [0.15, 0.2) is 30.3 Å². The highest BCUT2D eigenvalue weighted by Gasteiger charge is 2.27. The molecule has 4 heteroatoms. The van der Waals surface area contributed by atoms with Crippen molar-refractivity contribution in [1.82, 2.24) is 0 Å². The Balaban J connectivity index is 2.51. The fraction of sp³-hybridized carbons (Fsp3) is 0.700. The Morgan fingerprint density at radius 1 is 0.917 bits per heavy atom. The largest absolute Gasteiger partial charge is 0.361 e. The number of hydrogen-bond acceptors (Lipinski definition) is 3. The van der Waals surface area contributed by atoms with Crippen LogP contribution in [-0.4, -0.2) is 13.2 Å². The Bertz CT molecular complexity index is 461. The van der Waals surface area contributed by atoms with Gasteiger partial charge in [0.2, 0.25) is 0 Å². The Morgan fingerprint density at radius 3 is 2.25 bits per heavy atom. The van der Waals surface area contributed by atoms with E-state index in [4.69, 9.17) is 9.05 Å². The maximum Gasteiger partial charge on any atom is 0.361 e. The third-order valence-electron chi connectivity index (χ3n) is 4.14. The summed E-state index contributed by atoms with van der Waals surface area (Å²) in [5.74, 6) is 0.393. The monoisotopic (exact) mass is 354 g/mol. The van der Waals surface area contributed by atoms with Crippen LogP contribution >= 0.6 is 7.60 Å². The molecule has 1 rings (SSSR count). The van der Waals surface area contributed by atoms with Crippen molar-refractivity contribution in [3.8, 4) is 0 Å². The lowest BCUT2D eigenvalue weighted by atomic mass is 10.1. The average Bonchev–Trinajstić information content (AvgIpc) is 2.60. The molecular formula is C20H35O3P. The highest BCUT2D eigenvalue weighted by atomic mass is 31.2. The molecule has 0 fully saturated rings. The maximum absolute atomic E-state index is 13.2. The number of hydrogen-bond donors (Lipinski definition) is 0. The van der Waals surface area contributed by atoms with Crippen molar-refractivity contribution >= 4 is 12.9 Å². The van der Waals surface area contributed by atoms with Crippen LogP contribution in [0.25, 0.3) is 0 Å². The molecule has 0 saturated carbocycles. The summed E-state index contributed by atoms with van der Waals surface area (Å²) in [5.41, 5.74) is 0. The van der Waals surface area contributed by atoms with Crippen LogP contribution < -0.4 is 5.30 Å². The second-order valence-corrected chi connectivity index (χ2v) is 8.65. The molecule has 0 saturated heterocycles. The minimum atomic E-state index is -3.21. The number of unbranched alkanes of at least 4 members (excludes halogenated alkanes) is 5. The smallest absolute Gasteiger partial charge is 0.305 e. The van der Waals surface area contributed by atoms with E-state index in [0.717, 1.165) is 25.7 Å². The average molecular weight is 354 g/mol. The van der Waals surface area contributed by atoms with E-state index in [1.54, 1.807) is 0 Å². The fourth-order valence-electron chi connectivity index (χ4n) is 2.67. The summed E-state index contributed by atoms with van der Waals surface area (Å²) in [6, 6.07) is 9.37. The van der Waals surface area contributed by atoms with E-state index < -0.39 is 7.60 Å². The van der Waals surface area contributed by atoms with Gasteiger partial charge in [0.25, 0.3) is 0 Å². The van der Waals surface area contributed by atoms with Crippen molar-refractivity contribution in [2.45, 2.75) is 72.1 Å². The molecule has 0 spiro atoms. The zero-order valence-electron chi connectivity index (χ0n) is 15.7. The predicted octanol–water partition coefficient (Wildman–Crippen LogP) is 6.33. The lowest BCUT2D eigenvalue weighted by molar-refractivity contribution is 0.185. The van der Waals surface area contributed by atoms with Crippen molar-refractivity contribution in [1.29, 1.82) is 0 Å². The molecule has 2 atom stereocenters. The summed E-state index contributed by atoms with van der Waals surface area (Å²) < 4.78 is 24.8. The molecule has 0 heterocycles. The van der Waals surface area contributed by atoms with E-state index in [0.29, 0.717) is 24.4 Å². The molecular weight excluding hydrogens is 319 g/mol. The molecule has 2 unspecified atom stereocenters. The van der Waals surface area contributed by atoms with Gasteiger partial charge < -0.3 is 9.05 Å². The topological polar surface area (TPSA) is 35.5 Å². The Labute approximate surface area is 148 Å². The highest BCUT2D eigenvalue weighted by Crippen LogP contribution is 2.47. The van der Waals surface area contributed by atoms with Crippen LogP contribution in [0.4, 0.5) is 0 Å². The van der Waals surface area contributed by atoms with E-state index >= 15 is 0 Å². The van der Waals surface area contributed by atoms with Gasteiger partial charge in [-0.1, -0.05) is 77.5 Å². The van der Waals surface area contributed by atoms with Gasteiger partial charge in [-0.25, -0.2) is 0 Å². The molecule has 0 aromatic heterocycles. The SMILES string of the molecule is CCCCCCCCOP(=O)(OCC(C)CCC)c1ccccc1. The summed E-state index contributed by atoms with van der Waals surface area (Å²) in [6.07, 6.45) is 9.30. The van der Waals surface area contributed by atoms with E-state index in [1.165, 1.54) is 25.7 Å². The maximum atomic E-state index is 13.2. The molecule has 0 bridgehead atoms. The molecule has 0 N–H and O–H groups in total. The minimum Gasteiger partial charge on any atom is -0.305 e. The molecule has 0 aliphatic carbocycles. The van der Waals surface area contributed by atoms with Crippen molar-refractivity contribution in [3.63, 3.8) is 0 Å². The second kappa shape index (κ2) is 12.7. The molecule has 1 aromatic carbocycles. The van der Waals surface area contributed by atoms with Gasteiger partial charge in [-0.15, -0.1) is 0 Å². The van der Waals surface area contributed by atoms with E-state index in [2.05, 4.69) is 20.8 Å². The van der Waals surface area contributed by atoms with Crippen molar-refractivity contribution < 1.29 is 13.6 Å². The van der Waals surface area contributed by atoms with E-state index in [1.807, 2.05) is 30.3 Å². The van der Waals surface area contributed by atoms with Crippen molar-refractivity contribution in [2.75, 3.05) is 13.2 Å². The first-order valence-corrected chi connectivity index (χ1v) is 11.1. The molecule has 1 aromatic rings. The summed E-state index contributed by atoms with van der Waals surface area (Å²) >= 11 is 0. The first-order valence-electron chi connectivity index (χ1n) is 9.57. The first-order chi connectivity index (χ1) is 11.6. The van der Waals surface area contributed by atoms with Gasteiger partial charge in [-0.05, 0) is 30.9 Å². The van der Waals surface area contributed by atoms with Crippen molar-refractivity contribution in [3.05, 3.63) is 30.3 Å². The van der Waals surface area contributed by atoms with Crippen LogP contribution in [-0.2, 0) is 13.6 Å². The molecule has 24 heavy (non-hydrogen) atoms. The summed E-state index contributed by atoms with van der Waals surface area (Å²) in [4.78, 5) is 0.